The van der Waals surface area contributed by atoms with E-state index >= 15 is 17.6 Å². The van der Waals surface area contributed by atoms with Gasteiger partial charge in [-0.2, -0.15) is 0 Å². The number of hydrogen-bond acceptors (Lipinski definition) is 2. The summed E-state index contributed by atoms with van der Waals surface area (Å²) >= 11 is 0. The third-order valence-corrected chi connectivity index (χ3v) is 11.7. The minimum atomic E-state index is -0.809. The molecule has 2 aromatic heterocycles. The lowest BCUT2D eigenvalue weighted by Crippen LogP contribution is -1.93. The van der Waals surface area contributed by atoms with E-state index in [1.54, 1.807) is 48.5 Å². The van der Waals surface area contributed by atoms with Crippen LogP contribution in [0.4, 0.5) is 35.1 Å². The summed E-state index contributed by atoms with van der Waals surface area (Å²) in [7, 11) is 0. The van der Waals surface area contributed by atoms with Gasteiger partial charge in [-0.05, 0) is 152 Å². The largest absolute Gasteiger partial charge is 0.455 e. The van der Waals surface area contributed by atoms with Crippen LogP contribution in [0.3, 0.4) is 0 Å². The minimum absolute atomic E-state index is 0.213. The smallest absolute Gasteiger partial charge is 0.143 e. The molecule has 0 amide bonds. The third kappa shape index (κ3) is 5.49. The van der Waals surface area contributed by atoms with Crippen molar-refractivity contribution in [3.8, 4) is 44.5 Å². The van der Waals surface area contributed by atoms with Crippen LogP contribution < -0.4 is 0 Å². The van der Waals surface area contributed by atoms with Crippen LogP contribution in [0.15, 0.2) is 142 Å². The maximum absolute atomic E-state index is 15.1. The topological polar surface area (TPSA) is 26.3 Å². The summed E-state index contributed by atoms with van der Waals surface area (Å²) in [6, 6.07) is 30.3. The SMILES string of the molecule is Fc1cc(F)cc(-c2ccc3c(c2)oc2c3cc3c(-c4cc(F)cc(F)c4)cc4c5oc6cc(-c7cc(F)cc(F)c7)ccc6c5cc5c(-c6cc(F)cc(F)c6)cc2c3c54)c1. The molecule has 10 heteroatoms. The molecule has 0 aliphatic heterocycles. The molecule has 0 N–H and O–H groups in total. The van der Waals surface area contributed by atoms with E-state index in [0.717, 1.165) is 24.3 Å². The predicted molar refractivity (Wildman–Crippen MR) is 226 cm³/mol. The van der Waals surface area contributed by atoms with Crippen molar-refractivity contribution in [2.75, 3.05) is 0 Å². The van der Waals surface area contributed by atoms with Gasteiger partial charge in [0.15, 0.2) is 0 Å². The van der Waals surface area contributed by atoms with Crippen molar-refractivity contribution in [3.63, 3.8) is 0 Å². The first-order valence-corrected chi connectivity index (χ1v) is 19.3. The fraction of sp³-hybridized carbons (Fsp3) is 0. The molecule has 12 rings (SSSR count). The van der Waals surface area contributed by atoms with Crippen molar-refractivity contribution in [2.24, 2.45) is 0 Å². The molecule has 0 bridgehead atoms. The first-order valence-electron chi connectivity index (χ1n) is 19.3. The molecule has 0 radical (unpaired) electrons. The number of hydrogen-bond donors (Lipinski definition) is 0. The number of halogens is 8. The molecular weight excluding hydrogens is 809 g/mol. The molecule has 0 saturated heterocycles. The number of rotatable bonds is 4. The van der Waals surface area contributed by atoms with Crippen molar-refractivity contribution < 1.29 is 44.0 Å². The molecule has 0 aliphatic rings. The summed E-state index contributed by atoms with van der Waals surface area (Å²) in [4.78, 5) is 0. The first kappa shape index (κ1) is 36.2. The molecule has 2 heterocycles. The Balaban J connectivity index is 1.25. The van der Waals surface area contributed by atoms with Crippen LogP contribution in [-0.2, 0) is 0 Å². The lowest BCUT2D eigenvalue weighted by atomic mass is 9.84. The van der Waals surface area contributed by atoms with Crippen molar-refractivity contribution in [1.82, 2.24) is 0 Å². The fourth-order valence-electron chi connectivity index (χ4n) is 9.25. The highest BCUT2D eigenvalue weighted by Crippen LogP contribution is 2.51. The Hall–Kier alpha value is -7.72. The second kappa shape index (κ2) is 12.9. The van der Waals surface area contributed by atoms with E-state index in [-0.39, 0.29) is 22.3 Å². The van der Waals surface area contributed by atoms with Gasteiger partial charge in [0, 0.05) is 67.4 Å². The van der Waals surface area contributed by atoms with Crippen LogP contribution in [0, 0.1) is 46.5 Å². The Labute approximate surface area is 343 Å². The predicted octanol–water partition coefficient (Wildman–Crippen LogP) is 16.2. The number of fused-ring (bicyclic) bond motifs is 8. The summed E-state index contributed by atoms with van der Waals surface area (Å²) in [5, 5.41) is 5.73. The van der Waals surface area contributed by atoms with Gasteiger partial charge in [-0.25, -0.2) is 35.1 Å². The Morgan fingerprint density at radius 1 is 0.242 bits per heavy atom. The van der Waals surface area contributed by atoms with E-state index in [1.807, 2.05) is 12.1 Å². The quantitative estimate of drug-likeness (QED) is 0.130. The van der Waals surface area contributed by atoms with Crippen LogP contribution in [0.25, 0.3) is 121 Å². The summed E-state index contributed by atoms with van der Waals surface area (Å²) < 4.78 is 131. The zero-order chi connectivity index (χ0) is 42.3. The monoisotopic (exact) mass is 830 g/mol. The van der Waals surface area contributed by atoms with Gasteiger partial charge in [0.05, 0.1) is 0 Å². The molecule has 0 saturated carbocycles. The zero-order valence-corrected chi connectivity index (χ0v) is 31.5. The minimum Gasteiger partial charge on any atom is -0.455 e. The molecule has 0 fully saturated rings. The first-order chi connectivity index (χ1) is 29.9. The van der Waals surface area contributed by atoms with Crippen LogP contribution in [0.5, 0.6) is 0 Å². The van der Waals surface area contributed by atoms with Gasteiger partial charge in [0.25, 0.3) is 0 Å². The standard InChI is InChI=1S/C52H22F8O2/c53-29-5-25(6-30(54)15-29)23-1-3-37-43-21-41-39(27-9-33(57)17-34(58)10-27)20-46-50-42(22-44-38-4-2-24(14-48(38)62-52(44)46)26-7-31(55)16-32(56)8-26)40(28-11-35(59)18-36(60)12-28)19-45(49(41)50)51(43)61-47(37)13-23/h1-22H. The molecule has 2 nitrogen and oxygen atoms in total. The maximum atomic E-state index is 15.1. The van der Waals surface area contributed by atoms with E-state index < -0.39 is 46.5 Å². The molecule has 0 unspecified atom stereocenters. The second-order valence-electron chi connectivity index (χ2n) is 15.6. The Morgan fingerprint density at radius 2 is 0.565 bits per heavy atom. The highest BCUT2D eigenvalue weighted by atomic mass is 19.2. The molecule has 0 aliphatic carbocycles. The number of furan rings is 2. The third-order valence-electron chi connectivity index (χ3n) is 11.7. The lowest BCUT2D eigenvalue weighted by molar-refractivity contribution is 0.583. The molecular formula is C52H22F8O2. The normalized spacial score (nSPS) is 12.2. The molecule has 0 atom stereocenters. The average Bonchev–Trinajstić information content (AvgIpc) is 3.78. The molecule has 10 aromatic carbocycles. The van der Waals surface area contributed by atoms with E-state index in [9.17, 15) is 17.6 Å². The summed E-state index contributed by atoms with van der Waals surface area (Å²) in [5.74, 6) is -6.25. The van der Waals surface area contributed by atoms with Gasteiger partial charge in [0.1, 0.15) is 68.9 Å². The van der Waals surface area contributed by atoms with Crippen molar-refractivity contribution >= 4 is 76.2 Å². The zero-order valence-electron chi connectivity index (χ0n) is 31.5. The Kier molecular flexibility index (Phi) is 7.52. The Bertz CT molecular complexity index is 3580. The average molecular weight is 831 g/mol. The van der Waals surface area contributed by atoms with Gasteiger partial charge >= 0.3 is 0 Å². The van der Waals surface area contributed by atoms with Crippen molar-refractivity contribution in [1.29, 1.82) is 0 Å². The summed E-state index contributed by atoms with van der Waals surface area (Å²) in [5.41, 5.74) is 4.26. The lowest BCUT2D eigenvalue weighted by Gasteiger charge is -2.19. The van der Waals surface area contributed by atoms with Crippen LogP contribution >= 0.6 is 0 Å². The second-order valence-corrected chi connectivity index (χ2v) is 15.6. The van der Waals surface area contributed by atoms with Gasteiger partial charge in [-0.1, -0.05) is 12.1 Å². The van der Waals surface area contributed by atoms with Crippen LogP contribution in [0.1, 0.15) is 0 Å². The molecule has 62 heavy (non-hydrogen) atoms. The van der Waals surface area contributed by atoms with E-state index in [1.165, 1.54) is 48.5 Å². The number of benzene rings is 10. The van der Waals surface area contributed by atoms with Gasteiger partial charge < -0.3 is 8.83 Å². The van der Waals surface area contributed by atoms with Crippen LogP contribution in [-0.4, -0.2) is 0 Å². The molecule has 12 aromatic rings. The van der Waals surface area contributed by atoms with E-state index in [0.29, 0.717) is 98.4 Å². The summed E-state index contributed by atoms with van der Waals surface area (Å²) in [6.45, 7) is 0. The fourth-order valence-corrected chi connectivity index (χ4v) is 9.25. The van der Waals surface area contributed by atoms with Crippen LogP contribution in [0.2, 0.25) is 0 Å². The van der Waals surface area contributed by atoms with E-state index in [4.69, 9.17) is 8.83 Å². The van der Waals surface area contributed by atoms with E-state index in [2.05, 4.69) is 0 Å². The summed E-state index contributed by atoms with van der Waals surface area (Å²) in [6.07, 6.45) is 0. The van der Waals surface area contributed by atoms with Crippen molar-refractivity contribution in [2.45, 2.75) is 0 Å². The maximum Gasteiger partial charge on any atom is 0.143 e. The van der Waals surface area contributed by atoms with Crippen molar-refractivity contribution in [3.05, 3.63) is 180 Å². The highest BCUT2D eigenvalue weighted by molar-refractivity contribution is 6.38. The van der Waals surface area contributed by atoms with Gasteiger partial charge in [-0.15, -0.1) is 0 Å². The molecule has 298 valence electrons. The molecule has 0 spiro atoms. The van der Waals surface area contributed by atoms with Gasteiger partial charge in [0.2, 0.25) is 0 Å². The highest BCUT2D eigenvalue weighted by Gasteiger charge is 2.26. The Morgan fingerprint density at radius 3 is 0.903 bits per heavy atom. The van der Waals surface area contributed by atoms with Gasteiger partial charge in [-0.3, -0.25) is 0 Å².